The Balaban J connectivity index is 1.75. The third-order valence-electron chi connectivity index (χ3n) is 5.00. The van der Waals surface area contributed by atoms with Crippen molar-refractivity contribution in [2.24, 2.45) is 0 Å². The molecule has 5 nitrogen and oxygen atoms in total. The van der Waals surface area contributed by atoms with Crippen molar-refractivity contribution in [1.82, 2.24) is 4.90 Å². The van der Waals surface area contributed by atoms with Gasteiger partial charge in [-0.2, -0.15) is 0 Å². The highest BCUT2D eigenvalue weighted by Gasteiger charge is 2.42. The summed E-state index contributed by atoms with van der Waals surface area (Å²) < 4.78 is 18.7. The molecule has 0 aliphatic heterocycles. The summed E-state index contributed by atoms with van der Waals surface area (Å²) in [7, 11) is 0. The van der Waals surface area contributed by atoms with Gasteiger partial charge in [-0.25, -0.2) is 9.18 Å². The monoisotopic (exact) mass is 421 g/mol. The van der Waals surface area contributed by atoms with E-state index in [0.717, 1.165) is 0 Å². The number of hydrogen-bond donors (Lipinski definition) is 1. The first-order valence-corrected chi connectivity index (χ1v) is 9.98. The van der Waals surface area contributed by atoms with Gasteiger partial charge < -0.3 is 14.7 Å². The van der Waals surface area contributed by atoms with Gasteiger partial charge in [0.2, 0.25) is 5.60 Å². The van der Waals surface area contributed by atoms with Crippen molar-refractivity contribution >= 4 is 11.9 Å². The Kier molecular flexibility index (Phi) is 7.15. The van der Waals surface area contributed by atoms with Gasteiger partial charge in [0, 0.05) is 13.1 Å². The first-order valence-electron chi connectivity index (χ1n) is 9.98. The van der Waals surface area contributed by atoms with Crippen LogP contribution in [0.3, 0.4) is 0 Å². The highest BCUT2D eigenvalue weighted by atomic mass is 19.1. The molecule has 3 rings (SSSR count). The fraction of sp³-hybridized carbons (Fsp3) is 0.200. The van der Waals surface area contributed by atoms with E-state index in [4.69, 9.17) is 4.74 Å². The molecule has 0 unspecified atom stereocenters. The van der Waals surface area contributed by atoms with Crippen LogP contribution < -0.4 is 0 Å². The smallest absolute Gasteiger partial charge is 0.348 e. The number of esters is 1. The number of benzene rings is 3. The molecule has 0 aromatic heterocycles. The van der Waals surface area contributed by atoms with E-state index in [1.54, 1.807) is 79.7 Å². The average molecular weight is 421 g/mol. The Morgan fingerprint density at radius 3 is 2.03 bits per heavy atom. The molecule has 31 heavy (non-hydrogen) atoms. The van der Waals surface area contributed by atoms with Gasteiger partial charge in [0.05, 0.1) is 0 Å². The third kappa shape index (κ3) is 5.16. The molecule has 0 heterocycles. The predicted molar refractivity (Wildman–Crippen MR) is 114 cm³/mol. The lowest BCUT2D eigenvalue weighted by Crippen LogP contribution is -2.41. The van der Waals surface area contributed by atoms with Gasteiger partial charge in [-0.3, -0.25) is 4.79 Å². The predicted octanol–water partition coefficient (Wildman–Crippen LogP) is 3.65. The maximum Gasteiger partial charge on any atom is 0.348 e. The van der Waals surface area contributed by atoms with Crippen LogP contribution in [0.25, 0.3) is 0 Å². The molecule has 0 radical (unpaired) electrons. The maximum absolute atomic E-state index is 13.4. The molecule has 1 N–H and O–H groups in total. The Bertz CT molecular complexity index is 984. The first-order chi connectivity index (χ1) is 14.9. The van der Waals surface area contributed by atoms with Gasteiger partial charge in [0.1, 0.15) is 5.82 Å². The molecule has 3 aromatic carbocycles. The van der Waals surface area contributed by atoms with Crippen molar-refractivity contribution in [3.8, 4) is 0 Å². The van der Waals surface area contributed by atoms with Gasteiger partial charge in [0.15, 0.2) is 6.61 Å². The molecule has 0 fully saturated rings. The minimum absolute atomic E-state index is 0.187. The van der Waals surface area contributed by atoms with E-state index >= 15 is 0 Å². The van der Waals surface area contributed by atoms with Crippen LogP contribution >= 0.6 is 0 Å². The van der Waals surface area contributed by atoms with Crippen LogP contribution in [0.4, 0.5) is 4.39 Å². The lowest BCUT2D eigenvalue weighted by atomic mass is 9.86. The lowest BCUT2D eigenvalue weighted by molar-refractivity contribution is -0.166. The normalized spacial score (nSPS) is 11.1. The summed E-state index contributed by atoms with van der Waals surface area (Å²) in [4.78, 5) is 27.1. The van der Waals surface area contributed by atoms with Gasteiger partial charge in [0.25, 0.3) is 5.91 Å². The number of amides is 1. The summed E-state index contributed by atoms with van der Waals surface area (Å²) in [5.41, 5.74) is -0.745. The second kappa shape index (κ2) is 10.00. The molecule has 1 amide bonds. The summed E-state index contributed by atoms with van der Waals surface area (Å²) in [6, 6.07) is 22.8. The average Bonchev–Trinajstić information content (AvgIpc) is 2.81. The summed E-state index contributed by atoms with van der Waals surface area (Å²) in [5.74, 6) is -1.77. The van der Waals surface area contributed by atoms with Gasteiger partial charge in [-0.1, -0.05) is 72.8 Å². The number of hydrogen-bond acceptors (Lipinski definition) is 4. The number of likely N-dealkylation sites (N-methyl/N-ethyl adjacent to an activating group) is 1. The highest BCUT2D eigenvalue weighted by Crippen LogP contribution is 2.31. The molecule has 6 heteroatoms. The number of ether oxygens (including phenoxy) is 1. The SMILES string of the molecule is CCN(Cc1cccc(F)c1)C(=O)COC(=O)C(O)(c1ccccc1)c1ccccc1. The zero-order valence-electron chi connectivity index (χ0n) is 17.2. The quantitative estimate of drug-likeness (QED) is 0.564. The number of aliphatic hydroxyl groups is 1. The topological polar surface area (TPSA) is 66.8 Å². The van der Waals surface area contributed by atoms with Crippen LogP contribution in [-0.2, 0) is 26.5 Å². The molecule has 0 spiro atoms. The molecule has 0 aliphatic rings. The van der Waals surface area contributed by atoms with E-state index in [0.29, 0.717) is 23.2 Å². The molecule has 0 aliphatic carbocycles. The molecule has 0 atom stereocenters. The fourth-order valence-corrected chi connectivity index (χ4v) is 3.32. The second-order valence-corrected chi connectivity index (χ2v) is 7.06. The number of nitrogens with zero attached hydrogens (tertiary/aromatic N) is 1. The van der Waals surface area contributed by atoms with Crippen LogP contribution in [0.2, 0.25) is 0 Å². The van der Waals surface area contributed by atoms with Crippen molar-refractivity contribution in [3.05, 3.63) is 107 Å². The minimum atomic E-state index is -2.05. The van der Waals surface area contributed by atoms with Crippen molar-refractivity contribution in [1.29, 1.82) is 0 Å². The molecule has 0 bridgehead atoms. The summed E-state index contributed by atoms with van der Waals surface area (Å²) in [5, 5.41) is 11.4. The summed E-state index contributed by atoms with van der Waals surface area (Å²) >= 11 is 0. The molecular weight excluding hydrogens is 397 g/mol. The van der Waals surface area contributed by atoms with Crippen molar-refractivity contribution in [2.75, 3.05) is 13.2 Å². The molecular formula is C25H24FNO4. The van der Waals surface area contributed by atoms with E-state index in [1.165, 1.54) is 17.0 Å². The molecule has 0 saturated heterocycles. The maximum atomic E-state index is 13.4. The van der Waals surface area contributed by atoms with Gasteiger partial charge in [-0.15, -0.1) is 0 Å². The number of rotatable bonds is 8. The highest BCUT2D eigenvalue weighted by molar-refractivity contribution is 5.88. The van der Waals surface area contributed by atoms with Crippen LogP contribution in [0, 0.1) is 5.82 Å². The largest absolute Gasteiger partial charge is 0.453 e. The minimum Gasteiger partial charge on any atom is -0.453 e. The second-order valence-electron chi connectivity index (χ2n) is 7.06. The molecule has 160 valence electrons. The van der Waals surface area contributed by atoms with E-state index in [1.807, 2.05) is 0 Å². The Labute approximate surface area is 180 Å². The van der Waals surface area contributed by atoms with E-state index in [2.05, 4.69) is 0 Å². The Morgan fingerprint density at radius 1 is 0.935 bits per heavy atom. The first kappa shape index (κ1) is 22.2. The Morgan fingerprint density at radius 2 is 1.52 bits per heavy atom. The van der Waals surface area contributed by atoms with E-state index < -0.39 is 24.1 Å². The van der Waals surface area contributed by atoms with Crippen LogP contribution in [0.1, 0.15) is 23.6 Å². The van der Waals surface area contributed by atoms with Crippen LogP contribution in [0.15, 0.2) is 84.9 Å². The zero-order valence-corrected chi connectivity index (χ0v) is 17.2. The van der Waals surface area contributed by atoms with Crippen molar-refractivity contribution in [2.45, 2.75) is 19.1 Å². The third-order valence-corrected chi connectivity index (χ3v) is 5.00. The van der Waals surface area contributed by atoms with E-state index in [9.17, 15) is 19.1 Å². The number of halogens is 1. The number of carbonyl (C=O) groups is 2. The molecule has 0 saturated carbocycles. The standard InChI is InChI=1S/C25H24FNO4/c1-2-27(17-19-10-9-15-22(26)16-19)23(28)18-31-24(29)25(30,20-11-5-3-6-12-20)21-13-7-4-8-14-21/h3-16,30H,2,17-18H2,1H3. The molecule has 3 aromatic rings. The van der Waals surface area contributed by atoms with E-state index in [-0.39, 0.29) is 12.4 Å². The Hall–Kier alpha value is -3.51. The van der Waals surface area contributed by atoms with Crippen LogP contribution in [0.5, 0.6) is 0 Å². The fourth-order valence-electron chi connectivity index (χ4n) is 3.32. The van der Waals surface area contributed by atoms with Crippen molar-refractivity contribution in [3.63, 3.8) is 0 Å². The number of carbonyl (C=O) groups excluding carboxylic acids is 2. The van der Waals surface area contributed by atoms with Gasteiger partial charge >= 0.3 is 5.97 Å². The summed E-state index contributed by atoms with van der Waals surface area (Å²) in [6.07, 6.45) is 0. The van der Waals surface area contributed by atoms with Crippen LogP contribution in [-0.4, -0.2) is 35.0 Å². The van der Waals surface area contributed by atoms with Crippen molar-refractivity contribution < 1.29 is 23.8 Å². The summed E-state index contributed by atoms with van der Waals surface area (Å²) in [6.45, 7) is 1.79. The lowest BCUT2D eigenvalue weighted by Gasteiger charge is -2.27. The zero-order chi connectivity index (χ0) is 22.3. The van der Waals surface area contributed by atoms with Gasteiger partial charge in [-0.05, 0) is 35.7 Å².